The Morgan fingerprint density at radius 1 is 0.862 bits per heavy atom. The van der Waals surface area contributed by atoms with E-state index in [4.69, 9.17) is 18.9 Å². The van der Waals surface area contributed by atoms with Gasteiger partial charge in [0, 0.05) is 23.1 Å². The van der Waals surface area contributed by atoms with Crippen LogP contribution in [0, 0.1) is 0 Å². The molecule has 0 radical (unpaired) electrons. The molecule has 0 bridgehead atoms. The fraction of sp³-hybridized carbons (Fsp3) is 0.160. The highest BCUT2D eigenvalue weighted by Gasteiger charge is 2.09. The quantitative estimate of drug-likeness (QED) is 0.429. The second kappa shape index (κ2) is 8.23. The van der Waals surface area contributed by atoms with Crippen LogP contribution >= 0.6 is 0 Å². The zero-order valence-corrected chi connectivity index (χ0v) is 16.8. The molecular weight excluding hydrogens is 362 g/mol. The Bertz CT molecular complexity index is 1210. The molecule has 0 N–H and O–H groups in total. The first-order chi connectivity index (χ1) is 14.2. The molecule has 0 aliphatic heterocycles. The molecule has 0 saturated heterocycles. The van der Waals surface area contributed by atoms with E-state index in [1.165, 1.54) is 5.56 Å². The number of aryl methyl sites for hydroxylation is 1. The number of fused-ring (bicyclic) bond motifs is 1. The second-order valence-electron chi connectivity index (χ2n) is 6.70. The van der Waals surface area contributed by atoms with Crippen molar-refractivity contribution in [3.63, 3.8) is 0 Å². The van der Waals surface area contributed by atoms with Gasteiger partial charge in [-0.1, -0.05) is 43.3 Å². The van der Waals surface area contributed by atoms with Crippen LogP contribution in [0.5, 0.6) is 11.5 Å². The number of nitrogens with zero attached hydrogens (tertiary/aromatic N) is 1. The van der Waals surface area contributed by atoms with Crippen LogP contribution in [-0.2, 0) is 6.42 Å². The average Bonchev–Trinajstić information content (AvgIpc) is 2.79. The number of hydrogen-bond acceptors (Lipinski definition) is 4. The zero-order valence-electron chi connectivity index (χ0n) is 16.8. The SMILES string of the molecule is CCc1ccc2oc(-c3ccccc3)cc(=Nc3ccc(OC)cc3OC)c2c1. The lowest BCUT2D eigenvalue weighted by atomic mass is 10.1. The Kier molecular flexibility index (Phi) is 5.34. The molecule has 1 aromatic heterocycles. The van der Waals surface area contributed by atoms with Crippen molar-refractivity contribution >= 4 is 16.7 Å². The van der Waals surface area contributed by atoms with Crippen LogP contribution in [0.15, 0.2) is 82.2 Å². The van der Waals surface area contributed by atoms with Crippen LogP contribution in [0.1, 0.15) is 12.5 Å². The molecule has 0 unspecified atom stereocenters. The highest BCUT2D eigenvalue weighted by molar-refractivity contribution is 5.79. The Morgan fingerprint density at radius 3 is 2.41 bits per heavy atom. The van der Waals surface area contributed by atoms with Gasteiger partial charge in [-0.3, -0.25) is 0 Å². The molecular formula is C25H23NO3. The molecule has 0 spiro atoms. The molecule has 1 heterocycles. The van der Waals surface area contributed by atoms with Crippen LogP contribution in [-0.4, -0.2) is 14.2 Å². The first kappa shape index (κ1) is 18.8. The van der Waals surface area contributed by atoms with E-state index in [2.05, 4.69) is 19.1 Å². The molecule has 4 nitrogen and oxygen atoms in total. The highest BCUT2D eigenvalue weighted by Crippen LogP contribution is 2.31. The molecule has 0 aliphatic carbocycles. The van der Waals surface area contributed by atoms with Crippen molar-refractivity contribution in [3.8, 4) is 22.8 Å². The summed E-state index contributed by atoms with van der Waals surface area (Å²) in [6.45, 7) is 2.14. The molecule has 0 saturated carbocycles. The minimum atomic E-state index is 0.659. The van der Waals surface area contributed by atoms with E-state index >= 15 is 0 Å². The van der Waals surface area contributed by atoms with Crippen molar-refractivity contribution in [3.05, 3.63) is 83.7 Å². The Morgan fingerprint density at radius 2 is 1.69 bits per heavy atom. The van der Waals surface area contributed by atoms with Gasteiger partial charge >= 0.3 is 0 Å². The normalized spacial score (nSPS) is 11.6. The van der Waals surface area contributed by atoms with Gasteiger partial charge in [0.05, 0.1) is 19.6 Å². The number of rotatable bonds is 5. The van der Waals surface area contributed by atoms with Crippen molar-refractivity contribution in [2.24, 2.45) is 4.99 Å². The monoisotopic (exact) mass is 385 g/mol. The predicted octanol–water partition coefficient (Wildman–Crippen LogP) is 5.91. The van der Waals surface area contributed by atoms with Crippen molar-refractivity contribution in [2.45, 2.75) is 13.3 Å². The van der Waals surface area contributed by atoms with E-state index < -0.39 is 0 Å². The number of hydrogen-bond donors (Lipinski definition) is 0. The van der Waals surface area contributed by atoms with Crippen LogP contribution in [0.3, 0.4) is 0 Å². The third kappa shape index (κ3) is 3.87. The molecule has 29 heavy (non-hydrogen) atoms. The van der Waals surface area contributed by atoms with Gasteiger partial charge in [-0.15, -0.1) is 0 Å². The maximum absolute atomic E-state index is 6.21. The lowest BCUT2D eigenvalue weighted by molar-refractivity contribution is 0.395. The lowest BCUT2D eigenvalue weighted by Crippen LogP contribution is -2.04. The number of methoxy groups -OCH3 is 2. The van der Waals surface area contributed by atoms with Crippen LogP contribution < -0.4 is 14.8 Å². The van der Waals surface area contributed by atoms with Gasteiger partial charge in [-0.2, -0.15) is 0 Å². The summed E-state index contributed by atoms with van der Waals surface area (Å²) >= 11 is 0. The Balaban J connectivity index is 2.00. The maximum Gasteiger partial charge on any atom is 0.148 e. The van der Waals surface area contributed by atoms with E-state index in [1.807, 2.05) is 60.7 Å². The van der Waals surface area contributed by atoms with Crippen molar-refractivity contribution in [1.29, 1.82) is 0 Å². The first-order valence-electron chi connectivity index (χ1n) is 9.60. The summed E-state index contributed by atoms with van der Waals surface area (Å²) in [4.78, 5) is 4.94. The molecule has 0 fully saturated rings. The minimum Gasteiger partial charge on any atom is -0.497 e. The summed E-state index contributed by atoms with van der Waals surface area (Å²) in [5.41, 5.74) is 3.78. The number of ether oxygens (including phenoxy) is 2. The van der Waals surface area contributed by atoms with Gasteiger partial charge in [0.15, 0.2) is 0 Å². The topological polar surface area (TPSA) is 44.0 Å². The minimum absolute atomic E-state index is 0.659. The van der Waals surface area contributed by atoms with Gasteiger partial charge in [0.25, 0.3) is 0 Å². The molecule has 4 heteroatoms. The van der Waals surface area contributed by atoms with Crippen molar-refractivity contribution in [1.82, 2.24) is 0 Å². The summed E-state index contributed by atoms with van der Waals surface area (Å²) in [6, 6.07) is 23.9. The third-order valence-electron chi connectivity index (χ3n) is 4.90. The fourth-order valence-electron chi connectivity index (χ4n) is 3.28. The largest absolute Gasteiger partial charge is 0.497 e. The Hall–Kier alpha value is -3.53. The number of benzene rings is 3. The maximum atomic E-state index is 6.21. The molecule has 3 aromatic carbocycles. The van der Waals surface area contributed by atoms with Gasteiger partial charge < -0.3 is 13.9 Å². The summed E-state index contributed by atoms with van der Waals surface area (Å²) in [5.74, 6) is 2.16. The third-order valence-corrected chi connectivity index (χ3v) is 4.90. The van der Waals surface area contributed by atoms with Gasteiger partial charge in [0.1, 0.15) is 28.5 Å². The molecule has 4 rings (SSSR count). The van der Waals surface area contributed by atoms with Gasteiger partial charge in [-0.25, -0.2) is 4.99 Å². The van der Waals surface area contributed by atoms with Crippen LogP contribution in [0.25, 0.3) is 22.3 Å². The molecule has 146 valence electrons. The van der Waals surface area contributed by atoms with Crippen LogP contribution in [0.4, 0.5) is 5.69 Å². The van der Waals surface area contributed by atoms with Crippen molar-refractivity contribution < 1.29 is 13.9 Å². The van der Waals surface area contributed by atoms with Crippen molar-refractivity contribution in [2.75, 3.05) is 14.2 Å². The lowest BCUT2D eigenvalue weighted by Gasteiger charge is -2.09. The predicted molar refractivity (Wildman–Crippen MR) is 116 cm³/mol. The van der Waals surface area contributed by atoms with Crippen LogP contribution in [0.2, 0.25) is 0 Å². The highest BCUT2D eigenvalue weighted by atomic mass is 16.5. The Labute approximate surface area is 170 Å². The average molecular weight is 385 g/mol. The van der Waals surface area contributed by atoms with E-state index in [-0.39, 0.29) is 0 Å². The van der Waals surface area contributed by atoms with Gasteiger partial charge in [0.2, 0.25) is 0 Å². The molecule has 0 amide bonds. The van der Waals surface area contributed by atoms with E-state index in [9.17, 15) is 0 Å². The zero-order chi connectivity index (χ0) is 20.2. The smallest absolute Gasteiger partial charge is 0.148 e. The second-order valence-corrected chi connectivity index (χ2v) is 6.70. The standard InChI is InChI=1S/C25H23NO3/c1-4-17-10-13-23-20(14-17)22(16-24(29-23)18-8-6-5-7-9-18)26-21-12-11-19(27-2)15-25(21)28-3/h5-16H,4H2,1-3H3. The molecule has 0 aliphatic rings. The van der Waals surface area contributed by atoms with E-state index in [0.29, 0.717) is 5.75 Å². The van der Waals surface area contributed by atoms with Gasteiger partial charge in [-0.05, 0) is 36.2 Å². The molecule has 4 aromatic rings. The summed E-state index contributed by atoms with van der Waals surface area (Å²) < 4.78 is 17.0. The summed E-state index contributed by atoms with van der Waals surface area (Å²) in [7, 11) is 3.27. The molecule has 0 atom stereocenters. The first-order valence-corrected chi connectivity index (χ1v) is 9.60. The summed E-state index contributed by atoms with van der Waals surface area (Å²) in [6.07, 6.45) is 0.946. The fourth-order valence-corrected chi connectivity index (χ4v) is 3.28. The van der Waals surface area contributed by atoms with E-state index in [0.717, 1.165) is 45.5 Å². The van der Waals surface area contributed by atoms with E-state index in [1.54, 1.807) is 14.2 Å². The summed E-state index contributed by atoms with van der Waals surface area (Å²) in [5, 5.41) is 1.81.